The molecule has 24 heavy (non-hydrogen) atoms. The maximum absolute atomic E-state index is 12.5. The molecule has 0 spiro atoms. The molecule has 3 rings (SSSR count). The van der Waals surface area contributed by atoms with Gasteiger partial charge in [0.2, 0.25) is 0 Å². The lowest BCUT2D eigenvalue weighted by Gasteiger charge is -2.23. The molecule has 2 unspecified atom stereocenters. The average Bonchev–Trinajstić information content (AvgIpc) is 2.94. The number of fused-ring (bicyclic) bond motifs is 1. The highest BCUT2D eigenvalue weighted by molar-refractivity contribution is 6.09. The first-order valence-corrected chi connectivity index (χ1v) is 7.83. The summed E-state index contributed by atoms with van der Waals surface area (Å²) >= 11 is 0. The molecule has 2 atom stereocenters. The van der Waals surface area contributed by atoms with E-state index in [1.165, 1.54) is 29.2 Å². The number of anilines is 1. The monoisotopic (exact) mass is 341 g/mol. The number of amides is 1. The van der Waals surface area contributed by atoms with E-state index < -0.39 is 12.0 Å². The second-order valence-electron chi connectivity index (χ2n) is 6.31. The van der Waals surface area contributed by atoms with E-state index in [1.807, 2.05) is 6.92 Å². The van der Waals surface area contributed by atoms with Crippen molar-refractivity contribution in [2.45, 2.75) is 38.1 Å². The zero-order valence-corrected chi connectivity index (χ0v) is 13.1. The maximum atomic E-state index is 12.5. The number of rotatable bonds is 4. The van der Waals surface area contributed by atoms with Gasteiger partial charge in [-0.05, 0) is 43.2 Å². The summed E-state index contributed by atoms with van der Waals surface area (Å²) in [5.41, 5.74) is 0.200. The molecule has 1 amide bonds. The van der Waals surface area contributed by atoms with Gasteiger partial charge in [0.1, 0.15) is 5.75 Å². The van der Waals surface area contributed by atoms with Gasteiger partial charge in [0.15, 0.2) is 0 Å². The predicted octanol–water partition coefficient (Wildman–Crippen LogP) is 3.41. The van der Waals surface area contributed by atoms with Crippen molar-refractivity contribution in [3.63, 3.8) is 0 Å². The Morgan fingerprint density at radius 1 is 1.33 bits per heavy atom. The first-order valence-electron chi connectivity index (χ1n) is 7.83. The van der Waals surface area contributed by atoms with Crippen molar-refractivity contribution in [2.75, 3.05) is 11.4 Å². The van der Waals surface area contributed by atoms with Crippen molar-refractivity contribution in [3.05, 3.63) is 35.9 Å². The van der Waals surface area contributed by atoms with Gasteiger partial charge < -0.3 is 14.7 Å². The van der Waals surface area contributed by atoms with Crippen molar-refractivity contribution in [1.82, 2.24) is 0 Å². The molecular weight excluding hydrogens is 323 g/mol. The van der Waals surface area contributed by atoms with Crippen molar-refractivity contribution < 1.29 is 27.8 Å². The highest BCUT2D eigenvalue weighted by atomic mass is 19.4. The quantitative estimate of drug-likeness (QED) is 0.913. The van der Waals surface area contributed by atoms with E-state index in [9.17, 15) is 23.1 Å². The zero-order chi connectivity index (χ0) is 17.5. The van der Waals surface area contributed by atoms with Crippen LogP contribution >= 0.6 is 0 Å². The lowest BCUT2D eigenvalue weighted by atomic mass is 9.94. The molecule has 0 bridgehead atoms. The Balaban J connectivity index is 1.75. The molecule has 2 aliphatic rings. The third kappa shape index (κ3) is 3.26. The number of hydrogen-bond donors (Lipinski definition) is 1. The minimum atomic E-state index is -4.74. The summed E-state index contributed by atoms with van der Waals surface area (Å²) in [5, 5.41) is 10.4. The zero-order valence-electron chi connectivity index (χ0n) is 13.1. The number of nitrogens with zero attached hydrogens (tertiary/aromatic N) is 1. The van der Waals surface area contributed by atoms with Crippen molar-refractivity contribution >= 4 is 11.6 Å². The highest BCUT2D eigenvalue weighted by Gasteiger charge is 2.46. The van der Waals surface area contributed by atoms with Crippen molar-refractivity contribution in [1.29, 1.82) is 0 Å². The molecule has 0 radical (unpaired) electrons. The van der Waals surface area contributed by atoms with Gasteiger partial charge in [-0.1, -0.05) is 13.3 Å². The summed E-state index contributed by atoms with van der Waals surface area (Å²) < 4.78 is 40.4. The van der Waals surface area contributed by atoms with Crippen LogP contribution in [0.2, 0.25) is 0 Å². The van der Waals surface area contributed by atoms with E-state index in [1.54, 1.807) is 6.08 Å². The van der Waals surface area contributed by atoms with E-state index in [4.69, 9.17) is 0 Å². The Labute approximate surface area is 137 Å². The molecule has 1 heterocycles. The standard InChI is InChI=1S/C17H18F3NO3/c1-2-7-16(23)8-11-10-21(15(22)14(11)9-16)12-3-5-13(6-4-12)24-17(18,19)20/h3-6,9,11,23H,2,7-8,10H2,1H3. The SMILES string of the molecule is CCCC1(O)C=C2C(=O)N(c3ccc(OC(F)(F)F)cc3)CC2C1. The summed E-state index contributed by atoms with van der Waals surface area (Å²) in [6, 6.07) is 5.23. The number of hydrogen-bond acceptors (Lipinski definition) is 3. The van der Waals surface area contributed by atoms with E-state index >= 15 is 0 Å². The fraction of sp³-hybridized carbons (Fsp3) is 0.471. The summed E-state index contributed by atoms with van der Waals surface area (Å²) in [5.74, 6) is -0.564. The minimum Gasteiger partial charge on any atom is -0.406 e. The van der Waals surface area contributed by atoms with E-state index in [0.717, 1.165) is 6.42 Å². The van der Waals surface area contributed by atoms with E-state index in [2.05, 4.69) is 4.74 Å². The molecule has 0 saturated carbocycles. The maximum Gasteiger partial charge on any atom is 0.573 e. The Bertz CT molecular complexity index is 669. The normalized spacial score (nSPS) is 26.5. The van der Waals surface area contributed by atoms with Crippen LogP contribution < -0.4 is 9.64 Å². The van der Waals surface area contributed by atoms with Crippen LogP contribution in [-0.2, 0) is 4.79 Å². The number of halogens is 3. The minimum absolute atomic E-state index is 0.0415. The summed E-state index contributed by atoms with van der Waals surface area (Å²) in [6.45, 7) is 2.40. The molecule has 1 saturated heterocycles. The molecule has 1 N–H and O–H groups in total. The summed E-state index contributed by atoms with van der Waals surface area (Å²) in [7, 11) is 0. The second kappa shape index (κ2) is 5.81. The molecule has 1 aromatic rings. The van der Waals surface area contributed by atoms with Gasteiger partial charge in [-0.3, -0.25) is 4.79 Å². The van der Waals surface area contributed by atoms with Gasteiger partial charge in [0.05, 0.1) is 5.60 Å². The molecule has 7 heteroatoms. The number of ether oxygens (including phenoxy) is 1. The summed E-state index contributed by atoms with van der Waals surface area (Å²) in [6.07, 6.45) is -1.13. The average molecular weight is 341 g/mol. The van der Waals surface area contributed by atoms with Gasteiger partial charge in [-0.25, -0.2) is 0 Å². The largest absolute Gasteiger partial charge is 0.573 e. The van der Waals surface area contributed by atoms with Crippen molar-refractivity contribution in [3.8, 4) is 5.75 Å². The molecule has 0 aromatic heterocycles. The number of aliphatic hydroxyl groups is 1. The van der Waals surface area contributed by atoms with Crippen LogP contribution in [0.25, 0.3) is 0 Å². The number of benzene rings is 1. The fourth-order valence-corrected chi connectivity index (χ4v) is 3.52. The molecule has 1 aliphatic carbocycles. The molecular formula is C17H18F3NO3. The van der Waals surface area contributed by atoms with Gasteiger partial charge >= 0.3 is 6.36 Å². The molecule has 4 nitrogen and oxygen atoms in total. The molecule has 1 aromatic carbocycles. The Morgan fingerprint density at radius 2 is 2.00 bits per heavy atom. The van der Waals surface area contributed by atoms with Crippen LogP contribution in [0.3, 0.4) is 0 Å². The topological polar surface area (TPSA) is 49.8 Å². The lowest BCUT2D eigenvalue weighted by Crippen LogP contribution is -2.30. The third-order valence-corrected chi connectivity index (χ3v) is 4.42. The van der Waals surface area contributed by atoms with E-state index in [0.29, 0.717) is 30.6 Å². The third-order valence-electron chi connectivity index (χ3n) is 4.42. The molecule has 1 fully saturated rings. The van der Waals surface area contributed by atoms with Crippen LogP contribution in [0, 0.1) is 5.92 Å². The Hall–Kier alpha value is -2.02. The second-order valence-corrected chi connectivity index (χ2v) is 6.31. The Kier molecular flexibility index (Phi) is 4.07. The number of carbonyl (C=O) groups is 1. The van der Waals surface area contributed by atoms with Gasteiger partial charge in [0, 0.05) is 23.7 Å². The van der Waals surface area contributed by atoms with E-state index in [-0.39, 0.29) is 17.6 Å². The number of alkyl halides is 3. The Morgan fingerprint density at radius 3 is 2.54 bits per heavy atom. The van der Waals surface area contributed by atoms with Crippen LogP contribution in [0.1, 0.15) is 26.2 Å². The van der Waals surface area contributed by atoms with Crippen LogP contribution in [0.15, 0.2) is 35.9 Å². The summed E-state index contributed by atoms with van der Waals surface area (Å²) in [4.78, 5) is 14.1. The number of carbonyl (C=O) groups excluding carboxylic acids is 1. The first kappa shape index (κ1) is 16.8. The lowest BCUT2D eigenvalue weighted by molar-refractivity contribution is -0.274. The van der Waals surface area contributed by atoms with Gasteiger partial charge in [-0.2, -0.15) is 0 Å². The highest BCUT2D eigenvalue weighted by Crippen LogP contribution is 2.43. The molecule has 130 valence electrons. The van der Waals surface area contributed by atoms with Crippen LogP contribution in [0.4, 0.5) is 18.9 Å². The smallest absolute Gasteiger partial charge is 0.406 e. The first-order chi connectivity index (χ1) is 11.2. The van der Waals surface area contributed by atoms with Gasteiger partial charge in [-0.15, -0.1) is 13.2 Å². The fourth-order valence-electron chi connectivity index (χ4n) is 3.52. The van der Waals surface area contributed by atoms with Crippen molar-refractivity contribution in [2.24, 2.45) is 5.92 Å². The van der Waals surface area contributed by atoms with Gasteiger partial charge in [0.25, 0.3) is 5.91 Å². The molecule has 1 aliphatic heterocycles. The van der Waals surface area contributed by atoms with Crippen LogP contribution in [-0.4, -0.2) is 29.5 Å². The predicted molar refractivity (Wildman–Crippen MR) is 81.5 cm³/mol. The van der Waals surface area contributed by atoms with Crippen LogP contribution in [0.5, 0.6) is 5.75 Å².